The lowest BCUT2D eigenvalue weighted by molar-refractivity contribution is 0.0686. The molecule has 0 spiro atoms. The van der Waals surface area contributed by atoms with Crippen molar-refractivity contribution in [3.8, 4) is 0 Å². The lowest BCUT2D eigenvalue weighted by atomic mass is 9.92. The summed E-state index contributed by atoms with van der Waals surface area (Å²) in [6.45, 7) is 3.66. The van der Waals surface area contributed by atoms with Crippen molar-refractivity contribution in [1.29, 1.82) is 0 Å². The highest BCUT2D eigenvalue weighted by Gasteiger charge is 2.23. The lowest BCUT2D eigenvalue weighted by Crippen LogP contribution is -2.38. The van der Waals surface area contributed by atoms with Crippen molar-refractivity contribution in [3.05, 3.63) is 29.8 Å². The average Bonchev–Trinajstić information content (AvgIpc) is 2.47. The van der Waals surface area contributed by atoms with Gasteiger partial charge in [0.05, 0.1) is 4.90 Å². The molecule has 0 saturated carbocycles. The summed E-state index contributed by atoms with van der Waals surface area (Å²) in [5, 5.41) is 5.10. The minimum atomic E-state index is -3.78. The number of amides is 1. The minimum absolute atomic E-state index is 0.0192. The number of hydrogen-bond donors (Lipinski definition) is 1. The van der Waals surface area contributed by atoms with Gasteiger partial charge < -0.3 is 4.90 Å². The SMILES string of the molecule is CCCC1CCN(C(=O)c2cccc(S(N)(=O)=O)c2)CC1. The fourth-order valence-corrected chi connectivity index (χ4v) is 3.38. The second kappa shape index (κ2) is 6.58. The zero-order valence-electron chi connectivity index (χ0n) is 12.3. The number of nitrogens with two attached hydrogens (primary N) is 1. The predicted octanol–water partition coefficient (Wildman–Crippen LogP) is 1.99. The molecule has 1 aliphatic heterocycles. The molecule has 21 heavy (non-hydrogen) atoms. The van der Waals surface area contributed by atoms with Gasteiger partial charge in [0, 0.05) is 18.7 Å². The Morgan fingerprint density at radius 2 is 2.00 bits per heavy atom. The summed E-state index contributed by atoms with van der Waals surface area (Å²) in [4.78, 5) is 14.2. The molecule has 0 bridgehead atoms. The van der Waals surface area contributed by atoms with Crippen LogP contribution in [0.15, 0.2) is 29.2 Å². The number of benzene rings is 1. The second-order valence-electron chi connectivity index (χ2n) is 5.60. The number of sulfonamides is 1. The highest BCUT2D eigenvalue weighted by Crippen LogP contribution is 2.23. The van der Waals surface area contributed by atoms with Crippen LogP contribution < -0.4 is 5.14 Å². The van der Waals surface area contributed by atoms with E-state index in [1.165, 1.54) is 25.0 Å². The summed E-state index contributed by atoms with van der Waals surface area (Å²) in [6.07, 6.45) is 4.43. The molecular weight excluding hydrogens is 288 g/mol. The molecule has 1 heterocycles. The zero-order chi connectivity index (χ0) is 15.5. The molecular formula is C15H22N2O3S. The minimum Gasteiger partial charge on any atom is -0.339 e. The van der Waals surface area contributed by atoms with Crippen LogP contribution in [0.3, 0.4) is 0 Å². The van der Waals surface area contributed by atoms with Crippen molar-refractivity contribution in [2.75, 3.05) is 13.1 Å². The van der Waals surface area contributed by atoms with Gasteiger partial charge in [-0.25, -0.2) is 13.6 Å². The van der Waals surface area contributed by atoms with Gasteiger partial charge in [0.15, 0.2) is 0 Å². The summed E-state index contributed by atoms with van der Waals surface area (Å²) >= 11 is 0. The van der Waals surface area contributed by atoms with E-state index in [0.717, 1.165) is 25.9 Å². The van der Waals surface area contributed by atoms with Crippen LogP contribution in [0.2, 0.25) is 0 Å². The molecule has 1 aromatic rings. The van der Waals surface area contributed by atoms with Crippen LogP contribution in [0.4, 0.5) is 0 Å². The fourth-order valence-electron chi connectivity index (χ4n) is 2.82. The molecule has 0 aromatic heterocycles. The summed E-state index contributed by atoms with van der Waals surface area (Å²) in [7, 11) is -3.78. The molecule has 2 N–H and O–H groups in total. The van der Waals surface area contributed by atoms with E-state index in [1.54, 1.807) is 17.0 Å². The molecule has 0 radical (unpaired) electrons. The number of rotatable bonds is 4. The molecule has 0 unspecified atom stereocenters. The van der Waals surface area contributed by atoms with Gasteiger partial charge in [-0.2, -0.15) is 0 Å². The van der Waals surface area contributed by atoms with Crippen molar-refractivity contribution < 1.29 is 13.2 Å². The molecule has 1 aromatic carbocycles. The van der Waals surface area contributed by atoms with Gasteiger partial charge in [-0.05, 0) is 37.0 Å². The van der Waals surface area contributed by atoms with Crippen molar-refractivity contribution >= 4 is 15.9 Å². The van der Waals surface area contributed by atoms with E-state index in [4.69, 9.17) is 5.14 Å². The number of primary sulfonamides is 1. The highest BCUT2D eigenvalue weighted by atomic mass is 32.2. The smallest absolute Gasteiger partial charge is 0.253 e. The standard InChI is InChI=1S/C15H22N2O3S/c1-2-4-12-7-9-17(10-8-12)15(18)13-5-3-6-14(11-13)21(16,19)20/h3,5-6,11-12H,2,4,7-10H2,1H3,(H2,16,19,20). The van der Waals surface area contributed by atoms with Crippen LogP contribution in [-0.4, -0.2) is 32.3 Å². The van der Waals surface area contributed by atoms with Crippen molar-refractivity contribution in [2.24, 2.45) is 11.1 Å². The van der Waals surface area contributed by atoms with Crippen LogP contribution in [0.25, 0.3) is 0 Å². The summed E-state index contributed by atoms with van der Waals surface area (Å²) in [5.41, 5.74) is 0.385. The molecule has 0 atom stereocenters. The quantitative estimate of drug-likeness (QED) is 0.923. The third-order valence-corrected chi connectivity index (χ3v) is 4.92. The Kier molecular flexibility index (Phi) is 5.00. The van der Waals surface area contributed by atoms with Gasteiger partial charge in [-0.15, -0.1) is 0 Å². The first-order valence-electron chi connectivity index (χ1n) is 7.34. The van der Waals surface area contributed by atoms with Crippen molar-refractivity contribution in [3.63, 3.8) is 0 Å². The maximum absolute atomic E-state index is 12.4. The fraction of sp³-hybridized carbons (Fsp3) is 0.533. The third kappa shape index (κ3) is 4.04. The number of nitrogens with zero attached hydrogens (tertiary/aromatic N) is 1. The van der Waals surface area contributed by atoms with Crippen molar-refractivity contribution in [2.45, 2.75) is 37.5 Å². The molecule has 2 rings (SSSR count). The number of likely N-dealkylation sites (tertiary alicyclic amines) is 1. The summed E-state index contributed by atoms with van der Waals surface area (Å²) in [6, 6.07) is 5.95. The Labute approximate surface area is 126 Å². The van der Waals surface area contributed by atoms with Gasteiger partial charge in [0.1, 0.15) is 0 Å². The van der Waals surface area contributed by atoms with E-state index >= 15 is 0 Å². The Morgan fingerprint density at radius 1 is 1.33 bits per heavy atom. The first kappa shape index (κ1) is 16.0. The molecule has 6 heteroatoms. The molecule has 1 aliphatic rings. The largest absolute Gasteiger partial charge is 0.339 e. The van der Waals surface area contributed by atoms with E-state index in [0.29, 0.717) is 11.5 Å². The maximum Gasteiger partial charge on any atom is 0.253 e. The predicted molar refractivity (Wildman–Crippen MR) is 81.4 cm³/mol. The van der Waals surface area contributed by atoms with Gasteiger partial charge >= 0.3 is 0 Å². The first-order chi connectivity index (χ1) is 9.91. The van der Waals surface area contributed by atoms with Crippen LogP contribution in [-0.2, 0) is 10.0 Å². The molecule has 1 saturated heterocycles. The molecule has 116 valence electrons. The van der Waals surface area contributed by atoms with Crippen molar-refractivity contribution in [1.82, 2.24) is 4.90 Å². The molecule has 1 amide bonds. The lowest BCUT2D eigenvalue weighted by Gasteiger charge is -2.32. The molecule has 5 nitrogen and oxygen atoms in total. The van der Waals surface area contributed by atoms with E-state index in [-0.39, 0.29) is 10.8 Å². The number of carbonyl (C=O) groups is 1. The van der Waals surface area contributed by atoms with E-state index in [9.17, 15) is 13.2 Å². The summed E-state index contributed by atoms with van der Waals surface area (Å²) in [5.74, 6) is 0.588. The molecule has 1 fully saturated rings. The second-order valence-corrected chi connectivity index (χ2v) is 7.16. The highest BCUT2D eigenvalue weighted by molar-refractivity contribution is 7.89. The van der Waals surface area contributed by atoms with Gasteiger partial charge in [0.25, 0.3) is 5.91 Å². The monoisotopic (exact) mass is 310 g/mol. The Morgan fingerprint density at radius 3 is 2.57 bits per heavy atom. The van der Waals surface area contributed by atoms with Gasteiger partial charge in [0.2, 0.25) is 10.0 Å². The van der Waals surface area contributed by atoms with E-state index in [2.05, 4.69) is 6.92 Å². The molecule has 0 aliphatic carbocycles. The van der Waals surface area contributed by atoms with Crippen LogP contribution >= 0.6 is 0 Å². The summed E-state index contributed by atoms with van der Waals surface area (Å²) < 4.78 is 22.7. The Bertz CT molecular complexity index is 605. The van der Waals surface area contributed by atoms with Gasteiger partial charge in [-0.1, -0.05) is 25.8 Å². The van der Waals surface area contributed by atoms with E-state index < -0.39 is 10.0 Å². The average molecular weight is 310 g/mol. The third-order valence-electron chi connectivity index (χ3n) is 4.01. The van der Waals surface area contributed by atoms with Gasteiger partial charge in [-0.3, -0.25) is 4.79 Å². The number of carbonyl (C=O) groups excluding carboxylic acids is 1. The van der Waals surface area contributed by atoms with Crippen LogP contribution in [0.1, 0.15) is 43.0 Å². The maximum atomic E-state index is 12.4. The number of hydrogen-bond acceptors (Lipinski definition) is 3. The topological polar surface area (TPSA) is 80.5 Å². The zero-order valence-corrected chi connectivity index (χ0v) is 13.1. The first-order valence-corrected chi connectivity index (χ1v) is 8.88. The van der Waals surface area contributed by atoms with Crippen LogP contribution in [0.5, 0.6) is 0 Å². The normalized spacial score (nSPS) is 17.0. The van der Waals surface area contributed by atoms with E-state index in [1.807, 2.05) is 0 Å². The number of piperidine rings is 1. The van der Waals surface area contributed by atoms with Crippen LogP contribution in [0, 0.1) is 5.92 Å². The Balaban J connectivity index is 2.08. The Hall–Kier alpha value is -1.40.